The standard InChI is InChI=1S/C27H29N5O4/c33-26(28-20-4-8-22(9-5-20)31-12-16-35-17-13-31)24-2-1-3-25(30-24)27(34)29-21-6-10-23(11-7-21)32-14-18-36-19-15-32/h1-11H,12-19H2,(H,28,33)(H,29,34). The zero-order valence-corrected chi connectivity index (χ0v) is 20.0. The van der Waals surface area contributed by atoms with Gasteiger partial charge in [-0.25, -0.2) is 4.98 Å². The maximum Gasteiger partial charge on any atom is 0.274 e. The molecule has 0 spiro atoms. The van der Waals surface area contributed by atoms with E-state index in [1.54, 1.807) is 18.2 Å². The Hall–Kier alpha value is -3.95. The number of morpholine rings is 2. The normalized spacial score (nSPS) is 15.9. The van der Waals surface area contributed by atoms with Crippen molar-refractivity contribution in [1.29, 1.82) is 0 Å². The number of aromatic nitrogens is 1. The molecular weight excluding hydrogens is 458 g/mol. The van der Waals surface area contributed by atoms with Crippen LogP contribution in [0.2, 0.25) is 0 Å². The van der Waals surface area contributed by atoms with Gasteiger partial charge in [0.05, 0.1) is 26.4 Å². The molecule has 5 rings (SSSR count). The Bertz CT molecular complexity index is 1100. The SMILES string of the molecule is O=C(Nc1ccc(N2CCOCC2)cc1)c1cccc(C(=O)Nc2ccc(N3CCOCC3)cc2)n1. The first kappa shape index (κ1) is 23.8. The molecule has 2 aliphatic rings. The van der Waals surface area contributed by atoms with Gasteiger partial charge in [-0.1, -0.05) is 6.07 Å². The summed E-state index contributed by atoms with van der Waals surface area (Å²) >= 11 is 0. The van der Waals surface area contributed by atoms with E-state index in [1.165, 1.54) is 0 Å². The molecule has 1 aromatic heterocycles. The lowest BCUT2D eigenvalue weighted by Gasteiger charge is -2.28. The van der Waals surface area contributed by atoms with E-state index in [0.29, 0.717) is 37.8 Å². The third-order valence-electron chi connectivity index (χ3n) is 6.22. The molecule has 36 heavy (non-hydrogen) atoms. The van der Waals surface area contributed by atoms with Crippen molar-refractivity contribution in [2.24, 2.45) is 0 Å². The maximum atomic E-state index is 12.8. The third kappa shape index (κ3) is 5.81. The van der Waals surface area contributed by atoms with Crippen molar-refractivity contribution in [3.05, 3.63) is 78.1 Å². The number of rotatable bonds is 6. The first-order valence-corrected chi connectivity index (χ1v) is 12.1. The van der Waals surface area contributed by atoms with E-state index in [-0.39, 0.29) is 23.2 Å². The van der Waals surface area contributed by atoms with E-state index < -0.39 is 0 Å². The molecular formula is C27H29N5O4. The average Bonchev–Trinajstić information content (AvgIpc) is 2.95. The molecule has 0 unspecified atom stereocenters. The van der Waals surface area contributed by atoms with Crippen molar-refractivity contribution in [1.82, 2.24) is 4.98 Å². The molecule has 3 heterocycles. The zero-order chi connectivity index (χ0) is 24.7. The molecule has 0 atom stereocenters. The fourth-order valence-electron chi connectivity index (χ4n) is 4.23. The number of hydrogen-bond acceptors (Lipinski definition) is 7. The van der Waals surface area contributed by atoms with E-state index in [9.17, 15) is 9.59 Å². The molecule has 0 aliphatic carbocycles. The van der Waals surface area contributed by atoms with E-state index in [0.717, 1.165) is 37.6 Å². The number of benzene rings is 2. The smallest absolute Gasteiger partial charge is 0.274 e. The predicted octanol–water partition coefficient (Wildman–Crippen LogP) is 3.26. The lowest BCUT2D eigenvalue weighted by atomic mass is 10.2. The van der Waals surface area contributed by atoms with Crippen LogP contribution in [0.1, 0.15) is 21.0 Å². The van der Waals surface area contributed by atoms with Crippen molar-refractivity contribution in [3.63, 3.8) is 0 Å². The first-order valence-electron chi connectivity index (χ1n) is 12.1. The number of carbonyl (C=O) groups is 2. The van der Waals surface area contributed by atoms with Crippen LogP contribution in [0.5, 0.6) is 0 Å². The molecule has 2 saturated heterocycles. The summed E-state index contributed by atoms with van der Waals surface area (Å²) in [5.74, 6) is -0.753. The average molecular weight is 488 g/mol. The van der Waals surface area contributed by atoms with Crippen LogP contribution in [0, 0.1) is 0 Å². The molecule has 2 N–H and O–H groups in total. The van der Waals surface area contributed by atoms with Crippen LogP contribution in [0.15, 0.2) is 66.7 Å². The van der Waals surface area contributed by atoms with Crippen LogP contribution in [0.4, 0.5) is 22.7 Å². The number of nitrogens with zero attached hydrogens (tertiary/aromatic N) is 3. The van der Waals surface area contributed by atoms with Crippen LogP contribution in [0.25, 0.3) is 0 Å². The van der Waals surface area contributed by atoms with Crippen molar-refractivity contribution in [3.8, 4) is 0 Å². The van der Waals surface area contributed by atoms with Gasteiger partial charge in [0, 0.05) is 48.9 Å². The summed E-state index contributed by atoms with van der Waals surface area (Å²) in [5, 5.41) is 5.70. The van der Waals surface area contributed by atoms with Gasteiger partial charge < -0.3 is 29.9 Å². The highest BCUT2D eigenvalue weighted by molar-refractivity contribution is 6.06. The zero-order valence-electron chi connectivity index (χ0n) is 20.0. The molecule has 3 aromatic rings. The molecule has 2 aliphatic heterocycles. The molecule has 9 nitrogen and oxygen atoms in total. The van der Waals surface area contributed by atoms with Gasteiger partial charge >= 0.3 is 0 Å². The number of ether oxygens (including phenoxy) is 2. The number of hydrogen-bond donors (Lipinski definition) is 2. The van der Waals surface area contributed by atoms with Crippen LogP contribution < -0.4 is 20.4 Å². The summed E-state index contributed by atoms with van der Waals surface area (Å²) in [4.78, 5) is 34.3. The van der Waals surface area contributed by atoms with Crippen molar-refractivity contribution >= 4 is 34.6 Å². The summed E-state index contributed by atoms with van der Waals surface area (Å²) in [6.07, 6.45) is 0. The number of amides is 2. The minimum Gasteiger partial charge on any atom is -0.378 e. The summed E-state index contributed by atoms with van der Waals surface area (Å²) < 4.78 is 10.8. The van der Waals surface area contributed by atoms with E-state index in [1.807, 2.05) is 48.5 Å². The maximum absolute atomic E-state index is 12.8. The third-order valence-corrected chi connectivity index (χ3v) is 6.22. The van der Waals surface area contributed by atoms with Gasteiger partial charge in [-0.15, -0.1) is 0 Å². The molecule has 2 amide bonds. The summed E-state index contributed by atoms with van der Waals surface area (Å²) in [6.45, 7) is 6.26. The number of carbonyl (C=O) groups excluding carboxylic acids is 2. The second-order valence-corrected chi connectivity index (χ2v) is 8.61. The van der Waals surface area contributed by atoms with E-state index in [2.05, 4.69) is 25.4 Å². The second-order valence-electron chi connectivity index (χ2n) is 8.61. The van der Waals surface area contributed by atoms with Crippen LogP contribution in [0.3, 0.4) is 0 Å². The Labute approximate surface area is 210 Å². The van der Waals surface area contributed by atoms with Gasteiger partial charge in [0.25, 0.3) is 11.8 Å². The largest absolute Gasteiger partial charge is 0.378 e. The molecule has 0 bridgehead atoms. The predicted molar refractivity (Wildman–Crippen MR) is 139 cm³/mol. The van der Waals surface area contributed by atoms with Crippen molar-refractivity contribution in [2.75, 3.05) is 73.0 Å². The molecule has 9 heteroatoms. The minimum absolute atomic E-state index is 0.169. The summed E-state index contributed by atoms with van der Waals surface area (Å²) in [7, 11) is 0. The minimum atomic E-state index is -0.376. The number of anilines is 4. The highest BCUT2D eigenvalue weighted by Crippen LogP contribution is 2.21. The monoisotopic (exact) mass is 487 g/mol. The lowest BCUT2D eigenvalue weighted by Crippen LogP contribution is -2.36. The van der Waals surface area contributed by atoms with Gasteiger partial charge in [0.2, 0.25) is 0 Å². The lowest BCUT2D eigenvalue weighted by molar-refractivity contribution is 0.101. The molecule has 2 fully saturated rings. The fraction of sp³-hybridized carbons (Fsp3) is 0.296. The topological polar surface area (TPSA) is 96.0 Å². The van der Waals surface area contributed by atoms with Gasteiger partial charge in [-0.05, 0) is 60.7 Å². The first-order chi connectivity index (χ1) is 17.7. The number of pyridine rings is 1. The van der Waals surface area contributed by atoms with Gasteiger partial charge in [-0.3, -0.25) is 9.59 Å². The van der Waals surface area contributed by atoms with Gasteiger partial charge in [-0.2, -0.15) is 0 Å². The van der Waals surface area contributed by atoms with E-state index in [4.69, 9.17) is 9.47 Å². The van der Waals surface area contributed by atoms with Crippen molar-refractivity contribution < 1.29 is 19.1 Å². The van der Waals surface area contributed by atoms with Gasteiger partial charge in [0.15, 0.2) is 0 Å². The second kappa shape index (κ2) is 11.2. The summed E-state index contributed by atoms with van der Waals surface area (Å²) in [5.41, 5.74) is 3.84. The highest BCUT2D eigenvalue weighted by Gasteiger charge is 2.15. The Morgan fingerprint density at radius 3 is 1.39 bits per heavy atom. The number of nitrogens with one attached hydrogen (secondary N) is 2. The van der Waals surface area contributed by atoms with Crippen molar-refractivity contribution in [2.45, 2.75) is 0 Å². The van der Waals surface area contributed by atoms with Gasteiger partial charge in [0.1, 0.15) is 11.4 Å². The highest BCUT2D eigenvalue weighted by atomic mass is 16.5. The molecule has 0 radical (unpaired) electrons. The molecule has 2 aromatic carbocycles. The Kier molecular flexibility index (Phi) is 7.39. The Morgan fingerprint density at radius 1 is 0.611 bits per heavy atom. The molecule has 0 saturated carbocycles. The molecule has 186 valence electrons. The van der Waals surface area contributed by atoms with Crippen LogP contribution in [-0.4, -0.2) is 69.4 Å². The Morgan fingerprint density at radius 2 is 1.00 bits per heavy atom. The van der Waals surface area contributed by atoms with Crippen LogP contribution in [-0.2, 0) is 9.47 Å². The van der Waals surface area contributed by atoms with Crippen LogP contribution >= 0.6 is 0 Å². The summed E-state index contributed by atoms with van der Waals surface area (Å²) in [6, 6.07) is 20.2. The van der Waals surface area contributed by atoms with E-state index >= 15 is 0 Å². The fourth-order valence-corrected chi connectivity index (χ4v) is 4.23. The Balaban J connectivity index is 1.19. The quantitative estimate of drug-likeness (QED) is 0.551.